The fourth-order valence-electron chi connectivity index (χ4n) is 4.92. The Balaban J connectivity index is 4.21. The van der Waals surface area contributed by atoms with Crippen LogP contribution in [-0.4, -0.2) is 49.3 Å². The second kappa shape index (κ2) is 32.7. The number of phosphoric ester groups is 1. The van der Waals surface area contributed by atoms with Crippen LogP contribution in [0.5, 0.6) is 0 Å². The first-order valence-corrected chi connectivity index (χ1v) is 19.7. The van der Waals surface area contributed by atoms with Crippen molar-refractivity contribution in [2.24, 2.45) is 5.73 Å². The molecule has 9 nitrogen and oxygen atoms in total. The van der Waals surface area contributed by atoms with E-state index in [0.29, 0.717) is 6.42 Å². The van der Waals surface area contributed by atoms with E-state index in [-0.39, 0.29) is 38.6 Å². The van der Waals surface area contributed by atoms with Crippen molar-refractivity contribution in [3.8, 4) is 0 Å². The number of hydrogen-bond donors (Lipinski definition) is 2. The molecule has 0 radical (unpaired) electrons. The van der Waals surface area contributed by atoms with Crippen LogP contribution < -0.4 is 5.73 Å². The summed E-state index contributed by atoms with van der Waals surface area (Å²) in [6, 6.07) is 0. The van der Waals surface area contributed by atoms with Crippen LogP contribution in [0.4, 0.5) is 0 Å². The number of carbonyl (C=O) groups excluding carboxylic acids is 2. The molecule has 0 aliphatic heterocycles. The molecule has 0 aromatic rings. The van der Waals surface area contributed by atoms with Gasteiger partial charge in [-0.15, -0.1) is 0 Å². The molecule has 10 heteroatoms. The highest BCUT2D eigenvalue weighted by atomic mass is 31.2. The third kappa shape index (κ3) is 32.5. The molecule has 266 valence electrons. The average molecular weight is 662 g/mol. The molecule has 0 heterocycles. The third-order valence-corrected chi connectivity index (χ3v) is 8.64. The topological polar surface area (TPSA) is 134 Å². The van der Waals surface area contributed by atoms with Crippen LogP contribution in [-0.2, 0) is 32.7 Å². The van der Waals surface area contributed by atoms with Crippen LogP contribution in [0, 0.1) is 0 Å². The number of ether oxygens (including phenoxy) is 2. The zero-order valence-electron chi connectivity index (χ0n) is 28.9. The summed E-state index contributed by atoms with van der Waals surface area (Å²) < 4.78 is 32.5. The van der Waals surface area contributed by atoms with E-state index in [1.165, 1.54) is 77.0 Å². The monoisotopic (exact) mass is 661 g/mol. The zero-order valence-corrected chi connectivity index (χ0v) is 29.8. The molecule has 0 amide bonds. The lowest BCUT2D eigenvalue weighted by Crippen LogP contribution is -2.29. The van der Waals surface area contributed by atoms with Crippen molar-refractivity contribution in [2.45, 2.75) is 174 Å². The average Bonchev–Trinajstić information content (AvgIpc) is 3.02. The zero-order chi connectivity index (χ0) is 33.3. The van der Waals surface area contributed by atoms with Crippen LogP contribution in [0.3, 0.4) is 0 Å². The van der Waals surface area contributed by atoms with Gasteiger partial charge in [-0.3, -0.25) is 18.6 Å². The minimum atomic E-state index is -4.36. The normalized spacial score (nSPS) is 13.6. The summed E-state index contributed by atoms with van der Waals surface area (Å²) in [5.74, 6) is -0.838. The molecule has 0 saturated heterocycles. The van der Waals surface area contributed by atoms with E-state index in [9.17, 15) is 19.0 Å². The van der Waals surface area contributed by atoms with Crippen molar-refractivity contribution in [1.29, 1.82) is 0 Å². The lowest BCUT2D eigenvalue weighted by Gasteiger charge is -2.19. The maximum atomic E-state index is 12.4. The van der Waals surface area contributed by atoms with Gasteiger partial charge in [0.1, 0.15) is 6.61 Å². The maximum Gasteiger partial charge on any atom is 0.472 e. The van der Waals surface area contributed by atoms with Gasteiger partial charge in [-0.05, 0) is 38.5 Å². The van der Waals surface area contributed by atoms with Gasteiger partial charge in [0.2, 0.25) is 0 Å². The van der Waals surface area contributed by atoms with E-state index in [4.69, 9.17) is 24.3 Å². The number of hydrogen-bond acceptors (Lipinski definition) is 8. The van der Waals surface area contributed by atoms with Crippen molar-refractivity contribution >= 4 is 19.8 Å². The maximum absolute atomic E-state index is 12.4. The van der Waals surface area contributed by atoms with E-state index >= 15 is 0 Å². The van der Waals surface area contributed by atoms with Gasteiger partial charge in [0, 0.05) is 19.4 Å². The number of allylic oxidation sites excluding steroid dienone is 2. The highest BCUT2D eigenvalue weighted by Crippen LogP contribution is 2.43. The summed E-state index contributed by atoms with van der Waals surface area (Å²) in [7, 11) is -4.36. The molecule has 0 saturated carbocycles. The van der Waals surface area contributed by atoms with Crippen LogP contribution in [0.15, 0.2) is 12.2 Å². The Bertz CT molecular complexity index is 764. The second-order valence-electron chi connectivity index (χ2n) is 12.1. The summed E-state index contributed by atoms with van der Waals surface area (Å²) >= 11 is 0. The molecule has 3 N–H and O–H groups in total. The fraction of sp³-hybridized carbons (Fsp3) is 0.886. The summed E-state index contributed by atoms with van der Waals surface area (Å²) in [5, 5.41) is 0. The van der Waals surface area contributed by atoms with E-state index in [2.05, 4.69) is 26.0 Å². The Morgan fingerprint density at radius 3 is 1.58 bits per heavy atom. The summed E-state index contributed by atoms with van der Waals surface area (Å²) in [6.45, 7) is 3.68. The molecule has 0 bridgehead atoms. The molecule has 0 spiro atoms. The fourth-order valence-corrected chi connectivity index (χ4v) is 5.69. The first-order valence-electron chi connectivity index (χ1n) is 18.2. The predicted molar refractivity (Wildman–Crippen MR) is 183 cm³/mol. The summed E-state index contributed by atoms with van der Waals surface area (Å²) in [4.78, 5) is 34.5. The van der Waals surface area contributed by atoms with Gasteiger partial charge < -0.3 is 20.1 Å². The van der Waals surface area contributed by atoms with Crippen molar-refractivity contribution in [2.75, 3.05) is 26.4 Å². The predicted octanol–water partition coefficient (Wildman–Crippen LogP) is 9.49. The standard InChI is InChI=1S/C35H68NO8P/c1-3-5-7-9-11-13-14-15-16-17-18-20-21-23-25-27-34(37)41-31-33(32-43-45(39,40)42-30-29-36)44-35(38)28-26-24-22-19-12-10-8-6-4-2/h15-16,33H,3-14,17-32,36H2,1-2H3,(H,39,40)/b16-15-/t33-/m1/s1. The van der Waals surface area contributed by atoms with Gasteiger partial charge in [0.05, 0.1) is 13.2 Å². The molecule has 0 fully saturated rings. The van der Waals surface area contributed by atoms with E-state index in [0.717, 1.165) is 57.8 Å². The number of nitrogens with two attached hydrogens (primary N) is 1. The van der Waals surface area contributed by atoms with Gasteiger partial charge in [0.25, 0.3) is 0 Å². The lowest BCUT2D eigenvalue weighted by atomic mass is 10.1. The molecule has 45 heavy (non-hydrogen) atoms. The molecule has 0 aromatic carbocycles. The highest BCUT2D eigenvalue weighted by molar-refractivity contribution is 7.47. The van der Waals surface area contributed by atoms with Crippen molar-refractivity contribution in [3.63, 3.8) is 0 Å². The Hall–Kier alpha value is -1.25. The van der Waals surface area contributed by atoms with Crippen molar-refractivity contribution in [3.05, 3.63) is 12.2 Å². The van der Waals surface area contributed by atoms with Gasteiger partial charge in [-0.1, -0.05) is 129 Å². The smallest absolute Gasteiger partial charge is 0.462 e. The summed E-state index contributed by atoms with van der Waals surface area (Å²) in [5.41, 5.74) is 5.32. The van der Waals surface area contributed by atoms with Crippen LogP contribution in [0.25, 0.3) is 0 Å². The van der Waals surface area contributed by atoms with Crippen LogP contribution >= 0.6 is 7.82 Å². The van der Waals surface area contributed by atoms with Gasteiger partial charge in [0.15, 0.2) is 6.10 Å². The first kappa shape index (κ1) is 43.8. The SMILES string of the molecule is CCCCCCCC/C=C\CCCCCCCC(=O)OC[C@H](COP(=O)(O)OCCN)OC(=O)CCCCCCCCCCC. The molecule has 0 aliphatic rings. The van der Waals surface area contributed by atoms with Crippen molar-refractivity contribution in [1.82, 2.24) is 0 Å². The molecular weight excluding hydrogens is 593 g/mol. The van der Waals surface area contributed by atoms with E-state index < -0.39 is 26.5 Å². The number of phosphoric acid groups is 1. The molecular formula is C35H68NO8P. The van der Waals surface area contributed by atoms with Crippen molar-refractivity contribution < 1.29 is 37.6 Å². The number of rotatable bonds is 34. The third-order valence-electron chi connectivity index (χ3n) is 7.65. The minimum Gasteiger partial charge on any atom is -0.462 e. The van der Waals surface area contributed by atoms with Crippen LogP contribution in [0.1, 0.15) is 168 Å². The first-order chi connectivity index (χ1) is 21.8. The molecule has 0 rings (SSSR count). The Morgan fingerprint density at radius 2 is 1.09 bits per heavy atom. The van der Waals surface area contributed by atoms with Gasteiger partial charge in [-0.25, -0.2) is 4.57 Å². The molecule has 0 aromatic heterocycles. The van der Waals surface area contributed by atoms with Gasteiger partial charge >= 0.3 is 19.8 Å². The van der Waals surface area contributed by atoms with Gasteiger partial charge in [-0.2, -0.15) is 0 Å². The lowest BCUT2D eigenvalue weighted by molar-refractivity contribution is -0.161. The summed E-state index contributed by atoms with van der Waals surface area (Å²) in [6.07, 6.45) is 29.6. The van der Waals surface area contributed by atoms with Crippen LogP contribution in [0.2, 0.25) is 0 Å². The number of esters is 2. The minimum absolute atomic E-state index is 0.0546. The largest absolute Gasteiger partial charge is 0.472 e. The Morgan fingerprint density at radius 1 is 0.644 bits per heavy atom. The number of unbranched alkanes of at least 4 members (excludes halogenated alkanes) is 19. The van der Waals surface area contributed by atoms with E-state index in [1.54, 1.807) is 0 Å². The quantitative estimate of drug-likeness (QED) is 0.0299. The van der Waals surface area contributed by atoms with E-state index in [1.807, 2.05) is 0 Å². The second-order valence-corrected chi connectivity index (χ2v) is 13.5. The highest BCUT2D eigenvalue weighted by Gasteiger charge is 2.25. The molecule has 2 atom stereocenters. The molecule has 0 aliphatic carbocycles. The molecule has 1 unspecified atom stereocenters. The number of carbonyl (C=O) groups is 2. The Labute approximate surface area is 275 Å². The Kier molecular flexibility index (Phi) is 31.8.